The van der Waals surface area contributed by atoms with Gasteiger partial charge in [0.2, 0.25) is 0 Å². The Balaban J connectivity index is 1.74. The summed E-state index contributed by atoms with van der Waals surface area (Å²) in [7, 11) is 0. The highest BCUT2D eigenvalue weighted by Crippen LogP contribution is 2.27. The number of hydrogen-bond acceptors (Lipinski definition) is 3. The zero-order chi connectivity index (χ0) is 18.9. The van der Waals surface area contributed by atoms with E-state index in [0.717, 1.165) is 28.6 Å². The van der Waals surface area contributed by atoms with Crippen LogP contribution in [0.1, 0.15) is 15.9 Å². The average molecular weight is 432 g/mol. The lowest BCUT2D eigenvalue weighted by Gasteiger charge is -2.11. The van der Waals surface area contributed by atoms with Crippen LogP contribution >= 0.6 is 15.9 Å². The molecular weight excluding hydrogens is 422 g/mol. The van der Waals surface area contributed by atoms with Crippen LogP contribution in [-0.2, 0) is 6.54 Å². The Labute approximate surface area is 152 Å². The molecule has 2 N–H and O–H groups in total. The molecule has 1 amide bonds. The Bertz CT molecular complexity index is 972. The molecule has 0 atom stereocenters. The lowest BCUT2D eigenvalue weighted by Crippen LogP contribution is -2.23. The minimum atomic E-state index is -5.01. The van der Waals surface area contributed by atoms with Crippen LogP contribution in [0.3, 0.4) is 0 Å². The maximum Gasteiger partial charge on any atom is 0.573 e. The van der Waals surface area contributed by atoms with Crippen LogP contribution in [-0.4, -0.2) is 22.5 Å². The van der Waals surface area contributed by atoms with Gasteiger partial charge in [-0.2, -0.15) is 5.10 Å². The molecule has 136 valence electrons. The first-order chi connectivity index (χ1) is 12.2. The second-order valence-electron chi connectivity index (χ2n) is 5.23. The summed E-state index contributed by atoms with van der Waals surface area (Å²) in [5.41, 5.74) is 1.40. The molecule has 0 fully saturated rings. The molecule has 10 heteroatoms. The standard InChI is InChI=1S/C16H10BrF4N3O2/c17-14-13-9(2-1-3-11(13)23-24-14)7-22-15(25)8-4-5-12(10(18)6-8)26-16(19,20)21/h1-6H,7H2,(H,22,25)(H,23,24). The van der Waals surface area contributed by atoms with Crippen LogP contribution in [0.5, 0.6) is 5.75 Å². The van der Waals surface area contributed by atoms with Crippen LogP contribution in [0.25, 0.3) is 10.9 Å². The number of fused-ring (bicyclic) bond motifs is 1. The lowest BCUT2D eigenvalue weighted by atomic mass is 10.1. The number of rotatable bonds is 4. The van der Waals surface area contributed by atoms with Gasteiger partial charge in [-0.05, 0) is 45.8 Å². The third-order valence-corrected chi connectivity index (χ3v) is 4.06. The highest BCUT2D eigenvalue weighted by Gasteiger charge is 2.32. The molecule has 1 heterocycles. The van der Waals surface area contributed by atoms with Crippen LogP contribution < -0.4 is 10.1 Å². The number of ether oxygens (including phenoxy) is 1. The van der Waals surface area contributed by atoms with Crippen LogP contribution in [0, 0.1) is 5.82 Å². The van der Waals surface area contributed by atoms with Gasteiger partial charge in [0.1, 0.15) is 4.60 Å². The van der Waals surface area contributed by atoms with Crippen LogP contribution in [0.15, 0.2) is 41.0 Å². The summed E-state index contributed by atoms with van der Waals surface area (Å²) < 4.78 is 54.2. The van der Waals surface area contributed by atoms with Crippen molar-refractivity contribution in [3.8, 4) is 5.75 Å². The minimum Gasteiger partial charge on any atom is -0.403 e. The van der Waals surface area contributed by atoms with Crippen molar-refractivity contribution in [3.63, 3.8) is 0 Å². The molecule has 0 aliphatic carbocycles. The van der Waals surface area contributed by atoms with E-state index in [0.29, 0.717) is 10.7 Å². The van der Waals surface area contributed by atoms with Crippen molar-refractivity contribution in [2.24, 2.45) is 0 Å². The van der Waals surface area contributed by atoms with Crippen LogP contribution in [0.4, 0.5) is 17.6 Å². The lowest BCUT2D eigenvalue weighted by molar-refractivity contribution is -0.275. The first-order valence-corrected chi connectivity index (χ1v) is 7.99. The number of halogens is 5. The van der Waals surface area contributed by atoms with E-state index in [1.165, 1.54) is 0 Å². The van der Waals surface area contributed by atoms with Gasteiger partial charge in [0.05, 0.1) is 5.52 Å². The maximum atomic E-state index is 13.7. The molecule has 2 aromatic carbocycles. The Kier molecular flexibility index (Phi) is 4.86. The van der Waals surface area contributed by atoms with Gasteiger partial charge < -0.3 is 10.1 Å². The van der Waals surface area contributed by atoms with E-state index < -0.39 is 23.8 Å². The predicted octanol–water partition coefficient (Wildman–Crippen LogP) is 4.29. The summed E-state index contributed by atoms with van der Waals surface area (Å²) in [6.07, 6.45) is -5.01. The molecule has 0 saturated heterocycles. The molecule has 0 spiro atoms. The maximum absolute atomic E-state index is 13.7. The molecule has 5 nitrogen and oxygen atoms in total. The van der Waals surface area contributed by atoms with Gasteiger partial charge in [0.15, 0.2) is 11.6 Å². The Hall–Kier alpha value is -2.62. The molecule has 0 saturated carbocycles. The first-order valence-electron chi connectivity index (χ1n) is 7.19. The Morgan fingerprint density at radius 3 is 2.73 bits per heavy atom. The number of hydrogen-bond donors (Lipinski definition) is 2. The van der Waals surface area contributed by atoms with E-state index in [-0.39, 0.29) is 12.1 Å². The van der Waals surface area contributed by atoms with Crippen LogP contribution in [0.2, 0.25) is 0 Å². The summed E-state index contributed by atoms with van der Waals surface area (Å²) in [4.78, 5) is 12.2. The number of benzene rings is 2. The molecule has 26 heavy (non-hydrogen) atoms. The third kappa shape index (κ3) is 3.96. The fourth-order valence-corrected chi connectivity index (χ4v) is 2.93. The van der Waals surface area contributed by atoms with Gasteiger partial charge in [-0.25, -0.2) is 4.39 Å². The fourth-order valence-electron chi connectivity index (χ4n) is 2.38. The van der Waals surface area contributed by atoms with Gasteiger partial charge in [-0.1, -0.05) is 12.1 Å². The van der Waals surface area contributed by atoms with E-state index in [1.807, 2.05) is 6.07 Å². The van der Waals surface area contributed by atoms with E-state index in [1.54, 1.807) is 12.1 Å². The smallest absolute Gasteiger partial charge is 0.403 e. The Morgan fingerprint density at radius 1 is 1.27 bits per heavy atom. The van der Waals surface area contributed by atoms with Crippen molar-refractivity contribution < 1.29 is 27.1 Å². The van der Waals surface area contributed by atoms with Crippen molar-refractivity contribution in [1.29, 1.82) is 0 Å². The summed E-state index contributed by atoms with van der Waals surface area (Å²) in [5.74, 6) is -2.92. The molecule has 0 bridgehead atoms. The highest BCUT2D eigenvalue weighted by molar-refractivity contribution is 9.10. The number of carbonyl (C=O) groups is 1. The number of aromatic nitrogens is 2. The van der Waals surface area contributed by atoms with Gasteiger partial charge in [-0.15, -0.1) is 13.2 Å². The fraction of sp³-hybridized carbons (Fsp3) is 0.125. The summed E-state index contributed by atoms with van der Waals surface area (Å²) in [6.45, 7) is 0.122. The largest absolute Gasteiger partial charge is 0.573 e. The molecule has 1 aromatic heterocycles. The Morgan fingerprint density at radius 2 is 2.04 bits per heavy atom. The molecule has 3 rings (SSSR count). The first kappa shape index (κ1) is 18.2. The van der Waals surface area contributed by atoms with E-state index >= 15 is 0 Å². The highest BCUT2D eigenvalue weighted by atomic mass is 79.9. The number of nitrogens with one attached hydrogen (secondary N) is 2. The molecule has 0 radical (unpaired) electrons. The molecule has 0 aliphatic rings. The minimum absolute atomic E-state index is 0.122. The predicted molar refractivity (Wildman–Crippen MR) is 88.0 cm³/mol. The summed E-state index contributed by atoms with van der Waals surface area (Å²) >= 11 is 3.30. The summed E-state index contributed by atoms with van der Waals surface area (Å²) in [6, 6.07) is 7.86. The van der Waals surface area contributed by atoms with Crippen molar-refractivity contribution in [2.45, 2.75) is 12.9 Å². The van der Waals surface area contributed by atoms with Gasteiger partial charge in [-0.3, -0.25) is 9.89 Å². The number of carbonyl (C=O) groups excluding carboxylic acids is 1. The van der Waals surface area contributed by atoms with E-state index in [4.69, 9.17) is 0 Å². The summed E-state index contributed by atoms with van der Waals surface area (Å²) in [5, 5.41) is 10.2. The zero-order valence-corrected chi connectivity index (χ0v) is 14.4. The quantitative estimate of drug-likeness (QED) is 0.605. The number of nitrogens with zero attached hydrogens (tertiary/aromatic N) is 1. The van der Waals surface area contributed by atoms with Gasteiger partial charge in [0, 0.05) is 17.5 Å². The number of aromatic amines is 1. The molecule has 3 aromatic rings. The second-order valence-corrected chi connectivity index (χ2v) is 5.98. The van der Waals surface area contributed by atoms with E-state index in [2.05, 4.69) is 36.2 Å². The van der Waals surface area contributed by atoms with E-state index in [9.17, 15) is 22.4 Å². The van der Waals surface area contributed by atoms with Gasteiger partial charge in [0.25, 0.3) is 5.91 Å². The number of H-pyrrole nitrogens is 1. The monoisotopic (exact) mass is 431 g/mol. The second kappa shape index (κ2) is 6.94. The zero-order valence-electron chi connectivity index (χ0n) is 12.8. The van der Waals surface area contributed by atoms with Crippen molar-refractivity contribution >= 4 is 32.7 Å². The van der Waals surface area contributed by atoms with Crippen molar-refractivity contribution in [3.05, 3.63) is 57.9 Å². The van der Waals surface area contributed by atoms with Gasteiger partial charge >= 0.3 is 6.36 Å². The average Bonchev–Trinajstić information content (AvgIpc) is 2.95. The van der Waals surface area contributed by atoms with Crippen molar-refractivity contribution in [1.82, 2.24) is 15.5 Å². The topological polar surface area (TPSA) is 67.0 Å². The molecular formula is C16H10BrF4N3O2. The molecule has 0 unspecified atom stereocenters. The number of alkyl halides is 3. The SMILES string of the molecule is O=C(NCc1cccc2[nH]nc(Br)c12)c1ccc(OC(F)(F)F)c(F)c1. The normalized spacial score (nSPS) is 11.6. The number of amides is 1. The molecule has 0 aliphatic heterocycles. The third-order valence-electron chi connectivity index (χ3n) is 3.49. The van der Waals surface area contributed by atoms with Crippen molar-refractivity contribution in [2.75, 3.05) is 0 Å².